The summed E-state index contributed by atoms with van der Waals surface area (Å²) in [6, 6.07) is 1.60. The summed E-state index contributed by atoms with van der Waals surface area (Å²) >= 11 is 5.97. The monoisotopic (exact) mass is 324 g/mol. The van der Waals surface area contributed by atoms with Crippen molar-refractivity contribution in [2.45, 2.75) is 44.5 Å². The molecule has 1 aromatic rings. The number of hydrogen-bond acceptors (Lipinski definition) is 4. The first-order chi connectivity index (χ1) is 10.6. The Morgan fingerprint density at radius 2 is 2.27 bits per heavy atom. The van der Waals surface area contributed by atoms with Crippen LogP contribution in [0.3, 0.4) is 0 Å². The van der Waals surface area contributed by atoms with Gasteiger partial charge in [0.25, 0.3) is 5.91 Å². The Bertz CT molecular complexity index is 544. The standard InChI is InChI=1S/C16H21ClN2O3/c1-11-2-5-16(6-3-11)21-10-12(22-16)8-19-15(20)13-4-7-18-9-14(13)17/h4,7,9,11-12H,2-3,5-6,8,10H2,1H3,(H,19,20). The van der Waals surface area contributed by atoms with E-state index in [9.17, 15) is 4.79 Å². The Morgan fingerprint density at radius 3 is 3.00 bits per heavy atom. The summed E-state index contributed by atoms with van der Waals surface area (Å²) in [7, 11) is 0. The highest BCUT2D eigenvalue weighted by Gasteiger charge is 2.43. The predicted octanol–water partition coefficient (Wildman–Crippen LogP) is 2.79. The molecule has 0 bridgehead atoms. The van der Waals surface area contributed by atoms with Crippen LogP contribution in [0.2, 0.25) is 5.02 Å². The highest BCUT2D eigenvalue weighted by Crippen LogP contribution is 2.39. The average molecular weight is 325 g/mol. The molecule has 22 heavy (non-hydrogen) atoms. The maximum absolute atomic E-state index is 12.1. The number of hydrogen-bond donors (Lipinski definition) is 1. The van der Waals surface area contributed by atoms with Crippen LogP contribution in [0.1, 0.15) is 43.0 Å². The van der Waals surface area contributed by atoms with Crippen LogP contribution in [-0.4, -0.2) is 35.9 Å². The Morgan fingerprint density at radius 1 is 1.50 bits per heavy atom. The molecule has 1 unspecified atom stereocenters. The molecule has 2 heterocycles. The van der Waals surface area contributed by atoms with Gasteiger partial charge in [-0.25, -0.2) is 0 Å². The molecule has 120 valence electrons. The summed E-state index contributed by atoms with van der Waals surface area (Å²) in [5, 5.41) is 3.20. The molecule has 0 aromatic carbocycles. The van der Waals surface area contributed by atoms with Gasteiger partial charge in [-0.15, -0.1) is 0 Å². The normalized spacial score (nSPS) is 31.4. The molecule has 2 aliphatic rings. The van der Waals surface area contributed by atoms with E-state index in [2.05, 4.69) is 17.2 Å². The van der Waals surface area contributed by atoms with Gasteiger partial charge < -0.3 is 14.8 Å². The quantitative estimate of drug-likeness (QED) is 0.928. The van der Waals surface area contributed by atoms with Gasteiger partial charge in [-0.2, -0.15) is 0 Å². The van der Waals surface area contributed by atoms with Crippen molar-refractivity contribution in [1.29, 1.82) is 0 Å². The lowest BCUT2D eigenvalue weighted by molar-refractivity contribution is -0.191. The number of ether oxygens (including phenoxy) is 2. The number of aromatic nitrogens is 1. The molecule has 1 saturated carbocycles. The van der Waals surface area contributed by atoms with Crippen LogP contribution < -0.4 is 5.32 Å². The van der Waals surface area contributed by atoms with E-state index in [-0.39, 0.29) is 12.0 Å². The van der Waals surface area contributed by atoms with Gasteiger partial charge in [0.1, 0.15) is 6.10 Å². The molecule has 1 saturated heterocycles. The second-order valence-corrected chi connectivity index (χ2v) is 6.62. The highest BCUT2D eigenvalue weighted by atomic mass is 35.5. The van der Waals surface area contributed by atoms with E-state index in [4.69, 9.17) is 21.1 Å². The molecule has 1 aliphatic heterocycles. The number of carbonyl (C=O) groups excluding carboxylic acids is 1. The van der Waals surface area contributed by atoms with Crippen LogP contribution in [0.15, 0.2) is 18.5 Å². The van der Waals surface area contributed by atoms with E-state index in [1.54, 1.807) is 12.3 Å². The molecule has 1 aliphatic carbocycles. The fraction of sp³-hybridized carbons (Fsp3) is 0.625. The molecule has 1 N–H and O–H groups in total. The van der Waals surface area contributed by atoms with E-state index in [1.807, 2.05) is 0 Å². The van der Waals surface area contributed by atoms with Crippen molar-refractivity contribution >= 4 is 17.5 Å². The fourth-order valence-corrected chi connectivity index (χ4v) is 3.25. The van der Waals surface area contributed by atoms with E-state index in [1.165, 1.54) is 6.20 Å². The van der Waals surface area contributed by atoms with Crippen molar-refractivity contribution in [1.82, 2.24) is 10.3 Å². The molecule has 5 nitrogen and oxygen atoms in total. The van der Waals surface area contributed by atoms with E-state index in [0.29, 0.717) is 23.7 Å². The Kier molecular flexibility index (Phi) is 4.66. The zero-order valence-corrected chi connectivity index (χ0v) is 13.4. The van der Waals surface area contributed by atoms with Crippen molar-refractivity contribution in [3.05, 3.63) is 29.0 Å². The number of nitrogens with zero attached hydrogens (tertiary/aromatic N) is 1. The largest absolute Gasteiger partial charge is 0.349 e. The second kappa shape index (κ2) is 6.52. The first kappa shape index (κ1) is 15.7. The third-order valence-corrected chi connectivity index (χ3v) is 4.76. The minimum Gasteiger partial charge on any atom is -0.349 e. The summed E-state index contributed by atoms with van der Waals surface area (Å²) in [5.41, 5.74) is 0.428. The van der Waals surface area contributed by atoms with Gasteiger partial charge in [-0.1, -0.05) is 18.5 Å². The summed E-state index contributed by atoms with van der Waals surface area (Å²) in [6.45, 7) is 3.21. The second-order valence-electron chi connectivity index (χ2n) is 6.21. The van der Waals surface area contributed by atoms with Crippen molar-refractivity contribution in [2.75, 3.05) is 13.2 Å². The summed E-state index contributed by atoms with van der Waals surface area (Å²) in [4.78, 5) is 16.0. The molecule has 1 aromatic heterocycles. The first-order valence-corrected chi connectivity index (χ1v) is 8.15. The van der Waals surface area contributed by atoms with Crippen molar-refractivity contribution in [3.8, 4) is 0 Å². The van der Waals surface area contributed by atoms with Crippen LogP contribution >= 0.6 is 11.6 Å². The Hall–Kier alpha value is -1.17. The van der Waals surface area contributed by atoms with Gasteiger partial charge in [-0.05, 0) is 24.8 Å². The average Bonchev–Trinajstić information content (AvgIpc) is 2.92. The van der Waals surface area contributed by atoms with Gasteiger partial charge in [0.2, 0.25) is 0 Å². The zero-order chi connectivity index (χ0) is 15.6. The van der Waals surface area contributed by atoms with Crippen LogP contribution in [0.25, 0.3) is 0 Å². The SMILES string of the molecule is CC1CCC2(CC1)OCC(CNC(=O)c1ccncc1Cl)O2. The van der Waals surface area contributed by atoms with Gasteiger partial charge in [0.05, 0.1) is 17.2 Å². The zero-order valence-electron chi connectivity index (χ0n) is 12.7. The maximum atomic E-state index is 12.1. The minimum atomic E-state index is -0.420. The molecule has 3 rings (SSSR count). The molecular formula is C16H21ClN2O3. The lowest BCUT2D eigenvalue weighted by Crippen LogP contribution is -2.38. The number of carbonyl (C=O) groups is 1. The molecular weight excluding hydrogens is 304 g/mol. The van der Waals surface area contributed by atoms with E-state index < -0.39 is 5.79 Å². The predicted molar refractivity (Wildman–Crippen MR) is 82.8 cm³/mol. The number of nitrogens with one attached hydrogen (secondary N) is 1. The lowest BCUT2D eigenvalue weighted by Gasteiger charge is -2.34. The molecule has 2 fully saturated rings. The first-order valence-electron chi connectivity index (χ1n) is 7.77. The van der Waals surface area contributed by atoms with Crippen molar-refractivity contribution in [3.63, 3.8) is 0 Å². The van der Waals surface area contributed by atoms with Gasteiger partial charge >= 0.3 is 0 Å². The molecule has 1 amide bonds. The number of amides is 1. The van der Waals surface area contributed by atoms with Crippen LogP contribution in [0.5, 0.6) is 0 Å². The van der Waals surface area contributed by atoms with Gasteiger partial charge in [0.15, 0.2) is 5.79 Å². The topological polar surface area (TPSA) is 60.5 Å². The smallest absolute Gasteiger partial charge is 0.253 e. The van der Waals surface area contributed by atoms with Crippen molar-refractivity contribution < 1.29 is 14.3 Å². The van der Waals surface area contributed by atoms with Crippen LogP contribution in [-0.2, 0) is 9.47 Å². The Labute approximate surface area is 135 Å². The number of rotatable bonds is 3. The lowest BCUT2D eigenvalue weighted by atomic mass is 9.86. The van der Waals surface area contributed by atoms with Crippen molar-refractivity contribution in [2.24, 2.45) is 5.92 Å². The Balaban J connectivity index is 1.51. The fourth-order valence-electron chi connectivity index (χ4n) is 3.04. The number of pyridine rings is 1. The van der Waals surface area contributed by atoms with E-state index in [0.717, 1.165) is 31.6 Å². The third kappa shape index (κ3) is 3.42. The third-order valence-electron chi connectivity index (χ3n) is 4.46. The molecule has 6 heteroatoms. The summed E-state index contributed by atoms with van der Waals surface area (Å²) in [5.74, 6) is 0.107. The van der Waals surface area contributed by atoms with E-state index >= 15 is 0 Å². The number of halogens is 1. The van der Waals surface area contributed by atoms with Gasteiger partial charge in [-0.3, -0.25) is 9.78 Å². The summed E-state index contributed by atoms with van der Waals surface area (Å²) in [6.07, 6.45) is 7.05. The van der Waals surface area contributed by atoms with Gasteiger partial charge in [0, 0.05) is 31.8 Å². The van der Waals surface area contributed by atoms with Crippen LogP contribution in [0.4, 0.5) is 0 Å². The minimum absolute atomic E-state index is 0.0991. The highest BCUT2D eigenvalue weighted by molar-refractivity contribution is 6.33. The van der Waals surface area contributed by atoms with Crippen LogP contribution in [0, 0.1) is 5.92 Å². The molecule has 0 radical (unpaired) electrons. The molecule has 1 atom stereocenters. The molecule has 1 spiro atoms. The summed E-state index contributed by atoms with van der Waals surface area (Å²) < 4.78 is 12.0. The maximum Gasteiger partial charge on any atom is 0.253 e.